The lowest BCUT2D eigenvalue weighted by Gasteiger charge is -1.82. The maximum absolute atomic E-state index is 4.61. The second-order valence-electron chi connectivity index (χ2n) is 2.06. The van der Waals surface area contributed by atoms with E-state index in [0.717, 1.165) is 12.1 Å². The molecule has 0 aliphatic heterocycles. The van der Waals surface area contributed by atoms with E-state index in [4.69, 9.17) is 0 Å². The highest BCUT2D eigenvalue weighted by Crippen LogP contribution is 1.95. The van der Waals surface area contributed by atoms with Crippen LogP contribution in [0.3, 0.4) is 0 Å². The first-order valence-electron chi connectivity index (χ1n) is 3.24. The van der Waals surface area contributed by atoms with Gasteiger partial charge in [-0.25, -0.2) is 0 Å². The van der Waals surface area contributed by atoms with Crippen LogP contribution in [0.1, 0.15) is 25.5 Å². The van der Waals surface area contributed by atoms with E-state index in [9.17, 15) is 0 Å². The van der Waals surface area contributed by atoms with Crippen molar-refractivity contribution in [3.05, 3.63) is 12.0 Å². The lowest BCUT2D eigenvalue weighted by molar-refractivity contribution is -0.480. The molecule has 1 N–H and O–H groups in total. The summed E-state index contributed by atoms with van der Waals surface area (Å²) in [5, 5.41) is 6.23. The van der Waals surface area contributed by atoms with Crippen molar-refractivity contribution in [2.45, 2.75) is 26.2 Å². The Morgan fingerprint density at radius 3 is 3.22 bits per heavy atom. The Bertz CT molecular complexity index is 148. The van der Waals surface area contributed by atoms with Crippen molar-refractivity contribution in [3.63, 3.8) is 0 Å². The molecule has 3 nitrogen and oxygen atoms in total. The van der Waals surface area contributed by atoms with Gasteiger partial charge in [-0.15, -0.1) is 0 Å². The fraction of sp³-hybridized carbons (Fsp3) is 0.667. The molecular formula is C6H11N2O+. The minimum Gasteiger partial charge on any atom is -0.309 e. The quantitative estimate of drug-likeness (QED) is 0.603. The third kappa shape index (κ3) is 1.83. The van der Waals surface area contributed by atoms with E-state index < -0.39 is 0 Å². The molecule has 3 heteroatoms. The van der Waals surface area contributed by atoms with Crippen LogP contribution in [-0.4, -0.2) is 5.27 Å². The summed E-state index contributed by atoms with van der Waals surface area (Å²) in [4.78, 5) is 0. The zero-order chi connectivity index (χ0) is 6.53. The molecular weight excluding hydrogens is 116 g/mol. The molecule has 0 unspecified atom stereocenters. The molecule has 0 saturated carbocycles. The first-order valence-corrected chi connectivity index (χ1v) is 3.24. The van der Waals surface area contributed by atoms with Gasteiger partial charge < -0.3 is 4.52 Å². The van der Waals surface area contributed by atoms with Gasteiger partial charge in [-0.3, -0.25) is 0 Å². The number of hydrogen-bond donors (Lipinski definition) is 0. The van der Waals surface area contributed by atoms with Crippen LogP contribution in [0.4, 0.5) is 0 Å². The second kappa shape index (κ2) is 3.22. The number of H-pyrrole nitrogens is 1. The van der Waals surface area contributed by atoms with Gasteiger partial charge in [0.2, 0.25) is 5.69 Å². The smallest absolute Gasteiger partial charge is 0.246 e. The van der Waals surface area contributed by atoms with Crippen LogP contribution in [0.25, 0.3) is 0 Å². The summed E-state index contributed by atoms with van der Waals surface area (Å²) in [6, 6.07) is 0. The van der Waals surface area contributed by atoms with Gasteiger partial charge >= 0.3 is 0 Å². The molecule has 1 aromatic rings. The van der Waals surface area contributed by atoms with Crippen molar-refractivity contribution < 1.29 is 9.62 Å². The number of unbranched alkanes of at least 4 members (excludes halogenated alkanes) is 1. The molecule has 0 saturated heterocycles. The van der Waals surface area contributed by atoms with Crippen LogP contribution in [0.2, 0.25) is 0 Å². The molecule has 50 valence electrons. The normalized spacial score (nSPS) is 9.89. The average molecular weight is 127 g/mol. The van der Waals surface area contributed by atoms with Crippen molar-refractivity contribution >= 4 is 0 Å². The second-order valence-corrected chi connectivity index (χ2v) is 2.06. The molecule has 0 aliphatic carbocycles. The van der Waals surface area contributed by atoms with Gasteiger partial charge in [-0.1, -0.05) is 18.4 Å². The molecule has 0 fully saturated rings. The average Bonchev–Trinajstić information content (AvgIpc) is 2.34. The largest absolute Gasteiger partial charge is 0.309 e. The minimum absolute atomic E-state index is 1.04. The highest BCUT2D eigenvalue weighted by Gasteiger charge is 2.01. The molecule has 0 amide bonds. The van der Waals surface area contributed by atoms with Gasteiger partial charge in [0.15, 0.2) is 11.5 Å². The molecule has 0 atom stereocenters. The Labute approximate surface area is 54.0 Å². The first kappa shape index (κ1) is 6.26. The highest BCUT2D eigenvalue weighted by atomic mass is 16.5. The summed E-state index contributed by atoms with van der Waals surface area (Å²) in [6.07, 6.45) is 5.09. The summed E-state index contributed by atoms with van der Waals surface area (Å²) < 4.78 is 4.61. The Hall–Kier alpha value is -0.860. The van der Waals surface area contributed by atoms with Gasteiger partial charge in [0.05, 0.1) is 0 Å². The standard InChI is InChI=1S/C6H10N2O/c1-2-3-4-6-5-9-8-7-6/h5H,2-4H2,1H3/p+1. The zero-order valence-electron chi connectivity index (χ0n) is 5.55. The molecule has 0 aliphatic rings. The van der Waals surface area contributed by atoms with Crippen LogP contribution in [0.15, 0.2) is 10.8 Å². The van der Waals surface area contributed by atoms with Crippen LogP contribution in [-0.2, 0) is 6.42 Å². The number of aromatic nitrogens is 2. The zero-order valence-corrected chi connectivity index (χ0v) is 5.55. The lowest BCUT2D eigenvalue weighted by Crippen LogP contribution is -2.07. The molecule has 1 heterocycles. The Morgan fingerprint density at radius 1 is 1.78 bits per heavy atom. The van der Waals surface area contributed by atoms with E-state index in [1.54, 1.807) is 6.26 Å². The maximum atomic E-state index is 4.61. The number of aryl methyl sites for hydroxylation is 1. The molecule has 0 radical (unpaired) electrons. The number of aromatic amines is 1. The monoisotopic (exact) mass is 127 g/mol. The Balaban J connectivity index is 2.30. The van der Waals surface area contributed by atoms with Gasteiger partial charge in [0.1, 0.15) is 0 Å². The van der Waals surface area contributed by atoms with Crippen LogP contribution < -0.4 is 5.10 Å². The van der Waals surface area contributed by atoms with Gasteiger partial charge in [-0.2, -0.15) is 0 Å². The number of rotatable bonds is 3. The van der Waals surface area contributed by atoms with Gasteiger partial charge in [-0.05, 0) is 6.42 Å². The van der Waals surface area contributed by atoms with E-state index in [-0.39, 0.29) is 0 Å². The van der Waals surface area contributed by atoms with Crippen molar-refractivity contribution in [3.8, 4) is 0 Å². The van der Waals surface area contributed by atoms with Gasteiger partial charge in [0, 0.05) is 6.42 Å². The number of nitrogens with zero attached hydrogens (tertiary/aromatic N) is 1. The van der Waals surface area contributed by atoms with E-state index >= 15 is 0 Å². The SMILES string of the molecule is CCCCc1con[nH+]1. The first-order chi connectivity index (χ1) is 4.43. The molecule has 1 rings (SSSR count). The Morgan fingerprint density at radius 2 is 2.67 bits per heavy atom. The van der Waals surface area contributed by atoms with Crippen LogP contribution in [0.5, 0.6) is 0 Å². The van der Waals surface area contributed by atoms with E-state index in [1.807, 2.05) is 0 Å². The van der Waals surface area contributed by atoms with Crippen molar-refractivity contribution in [1.82, 2.24) is 5.27 Å². The molecule has 1 aromatic heterocycles. The lowest BCUT2D eigenvalue weighted by atomic mass is 10.2. The minimum atomic E-state index is 1.04. The third-order valence-electron chi connectivity index (χ3n) is 1.24. The van der Waals surface area contributed by atoms with E-state index in [1.165, 1.54) is 12.8 Å². The third-order valence-corrected chi connectivity index (χ3v) is 1.24. The van der Waals surface area contributed by atoms with Gasteiger partial charge in [0.25, 0.3) is 0 Å². The summed E-state index contributed by atoms with van der Waals surface area (Å²) in [7, 11) is 0. The number of hydrogen-bond acceptors (Lipinski definition) is 2. The van der Waals surface area contributed by atoms with Crippen LogP contribution in [0, 0.1) is 0 Å². The van der Waals surface area contributed by atoms with Crippen molar-refractivity contribution in [2.75, 3.05) is 0 Å². The molecule has 0 bridgehead atoms. The molecule has 9 heavy (non-hydrogen) atoms. The maximum Gasteiger partial charge on any atom is 0.246 e. The fourth-order valence-corrected chi connectivity index (χ4v) is 0.683. The summed E-state index contributed by atoms with van der Waals surface area (Å²) in [5.41, 5.74) is 1.08. The highest BCUT2D eigenvalue weighted by molar-refractivity contribution is 4.79. The summed E-state index contributed by atoms with van der Waals surface area (Å²) >= 11 is 0. The summed E-state index contributed by atoms with van der Waals surface area (Å²) in [5.74, 6) is 0. The predicted molar refractivity (Wildman–Crippen MR) is 31.7 cm³/mol. The Kier molecular flexibility index (Phi) is 2.24. The summed E-state index contributed by atoms with van der Waals surface area (Å²) in [6.45, 7) is 2.16. The van der Waals surface area contributed by atoms with E-state index in [2.05, 4.69) is 21.8 Å². The van der Waals surface area contributed by atoms with E-state index in [0.29, 0.717) is 0 Å². The fourth-order valence-electron chi connectivity index (χ4n) is 0.683. The topological polar surface area (TPSA) is 40.2 Å². The molecule has 0 aromatic carbocycles. The molecule has 0 spiro atoms. The van der Waals surface area contributed by atoms with Crippen LogP contribution >= 0.6 is 0 Å². The van der Waals surface area contributed by atoms with Crippen molar-refractivity contribution in [2.24, 2.45) is 0 Å². The number of nitrogens with one attached hydrogen (secondary N) is 1. The predicted octanol–water partition coefficient (Wildman–Crippen LogP) is 0.831. The van der Waals surface area contributed by atoms with Crippen molar-refractivity contribution in [1.29, 1.82) is 0 Å².